The van der Waals surface area contributed by atoms with Crippen LogP contribution in [-0.2, 0) is 9.53 Å². The first-order valence-electron chi connectivity index (χ1n) is 7.68. The first-order valence-corrected chi connectivity index (χ1v) is 7.68. The normalized spacial score (nSPS) is 10.8. The van der Waals surface area contributed by atoms with Crippen molar-refractivity contribution in [3.8, 4) is 0 Å². The topological polar surface area (TPSA) is 68.3 Å². The van der Waals surface area contributed by atoms with Gasteiger partial charge >= 0.3 is 5.97 Å². The number of nitrogens with zero attached hydrogens (tertiary/aromatic N) is 1. The Bertz CT molecular complexity index is 941. The summed E-state index contributed by atoms with van der Waals surface area (Å²) in [4.78, 5) is 27.8. The van der Waals surface area contributed by atoms with Gasteiger partial charge in [0.05, 0.1) is 23.9 Å². The Hall–Kier alpha value is -3.47. The molecular formula is C20H16N2O3. The molecule has 0 radical (unpaired) electrons. The zero-order valence-electron chi connectivity index (χ0n) is 13.6. The van der Waals surface area contributed by atoms with Crippen molar-refractivity contribution < 1.29 is 14.3 Å². The smallest absolute Gasteiger partial charge is 0.337 e. The molecule has 0 atom stereocenters. The minimum absolute atomic E-state index is 0.242. The van der Waals surface area contributed by atoms with Gasteiger partial charge in [0, 0.05) is 17.7 Å². The molecule has 0 unspecified atom stereocenters. The third kappa shape index (κ3) is 3.90. The van der Waals surface area contributed by atoms with E-state index in [1.54, 1.807) is 36.5 Å². The summed E-state index contributed by atoms with van der Waals surface area (Å²) < 4.78 is 4.65. The molecular weight excluding hydrogens is 316 g/mol. The van der Waals surface area contributed by atoms with Crippen molar-refractivity contribution >= 4 is 34.5 Å². The number of nitrogens with one attached hydrogen (secondary N) is 1. The number of carbonyl (C=O) groups excluding carboxylic acids is 2. The van der Waals surface area contributed by atoms with Gasteiger partial charge in [-0.05, 0) is 48.0 Å². The van der Waals surface area contributed by atoms with Gasteiger partial charge in [0.1, 0.15) is 0 Å². The van der Waals surface area contributed by atoms with Crippen LogP contribution in [0.4, 0.5) is 5.69 Å². The number of amides is 1. The number of esters is 1. The number of anilines is 1. The number of hydrogen-bond acceptors (Lipinski definition) is 4. The molecule has 0 bridgehead atoms. The molecule has 0 saturated carbocycles. The van der Waals surface area contributed by atoms with E-state index in [4.69, 9.17) is 0 Å². The van der Waals surface area contributed by atoms with Crippen LogP contribution >= 0.6 is 0 Å². The van der Waals surface area contributed by atoms with Crippen molar-refractivity contribution in [3.63, 3.8) is 0 Å². The van der Waals surface area contributed by atoms with Gasteiger partial charge in [-0.2, -0.15) is 0 Å². The number of pyridine rings is 1. The highest BCUT2D eigenvalue weighted by Crippen LogP contribution is 2.21. The summed E-state index contributed by atoms with van der Waals surface area (Å²) in [5.74, 6) is -0.633. The van der Waals surface area contributed by atoms with E-state index < -0.39 is 5.97 Å². The van der Waals surface area contributed by atoms with Crippen LogP contribution in [0.3, 0.4) is 0 Å². The molecule has 0 fully saturated rings. The first-order chi connectivity index (χ1) is 12.2. The lowest BCUT2D eigenvalue weighted by Gasteiger charge is -2.06. The Morgan fingerprint density at radius 3 is 2.60 bits per heavy atom. The van der Waals surface area contributed by atoms with Crippen LogP contribution in [0, 0.1) is 0 Å². The largest absolute Gasteiger partial charge is 0.465 e. The molecule has 3 rings (SSSR count). The number of ether oxygens (including phenoxy) is 1. The average molecular weight is 332 g/mol. The molecule has 0 spiro atoms. The van der Waals surface area contributed by atoms with Crippen LogP contribution in [0.15, 0.2) is 66.9 Å². The van der Waals surface area contributed by atoms with E-state index in [2.05, 4.69) is 15.0 Å². The molecule has 25 heavy (non-hydrogen) atoms. The Balaban J connectivity index is 1.71. The van der Waals surface area contributed by atoms with Crippen LogP contribution in [-0.4, -0.2) is 24.0 Å². The van der Waals surface area contributed by atoms with E-state index >= 15 is 0 Å². The summed E-state index contributed by atoms with van der Waals surface area (Å²) in [6, 6.07) is 16.1. The molecule has 0 aliphatic rings. The van der Waals surface area contributed by atoms with Crippen molar-refractivity contribution in [1.29, 1.82) is 0 Å². The average Bonchev–Trinajstić information content (AvgIpc) is 2.66. The molecule has 2 aromatic carbocycles. The number of hydrogen-bond donors (Lipinski definition) is 1. The lowest BCUT2D eigenvalue weighted by Crippen LogP contribution is -2.08. The summed E-state index contributed by atoms with van der Waals surface area (Å²) in [6.45, 7) is 0. The zero-order valence-corrected chi connectivity index (χ0v) is 13.6. The van der Waals surface area contributed by atoms with E-state index in [-0.39, 0.29) is 5.91 Å². The van der Waals surface area contributed by atoms with E-state index in [9.17, 15) is 9.59 Å². The number of rotatable bonds is 4. The van der Waals surface area contributed by atoms with Crippen LogP contribution in [0.5, 0.6) is 0 Å². The predicted molar refractivity (Wildman–Crippen MR) is 97.2 cm³/mol. The summed E-state index contributed by atoms with van der Waals surface area (Å²) in [5, 5.41) is 3.74. The zero-order chi connectivity index (χ0) is 17.6. The molecule has 5 heteroatoms. The minimum Gasteiger partial charge on any atom is -0.465 e. The van der Waals surface area contributed by atoms with Crippen LogP contribution in [0.2, 0.25) is 0 Å². The third-order valence-corrected chi connectivity index (χ3v) is 3.66. The Morgan fingerprint density at radius 1 is 1.04 bits per heavy atom. The van der Waals surface area contributed by atoms with E-state index in [1.165, 1.54) is 13.2 Å². The van der Waals surface area contributed by atoms with Crippen molar-refractivity contribution in [1.82, 2.24) is 4.98 Å². The molecule has 1 heterocycles. The van der Waals surface area contributed by atoms with Crippen LogP contribution in [0.25, 0.3) is 17.0 Å². The van der Waals surface area contributed by atoms with E-state index in [0.29, 0.717) is 11.3 Å². The fourth-order valence-corrected chi connectivity index (χ4v) is 2.41. The molecule has 5 nitrogen and oxygen atoms in total. The van der Waals surface area contributed by atoms with Gasteiger partial charge in [-0.25, -0.2) is 4.79 Å². The number of aromatic nitrogens is 1. The summed E-state index contributed by atoms with van der Waals surface area (Å²) >= 11 is 0. The highest BCUT2D eigenvalue weighted by molar-refractivity contribution is 6.07. The maximum atomic E-state index is 12.2. The van der Waals surface area contributed by atoms with Crippen LogP contribution < -0.4 is 5.32 Å². The number of fused-ring (bicyclic) bond motifs is 1. The molecule has 0 aliphatic heterocycles. The standard InChI is InChI=1S/C20H16N2O3/c1-25-20(24)15-10-7-14(8-11-15)9-12-19(23)22-18-6-2-5-17-16(18)4-3-13-21-17/h2-13H,1H3,(H,22,23)/b12-9+. The Kier molecular flexibility index (Phi) is 4.85. The fraction of sp³-hybridized carbons (Fsp3) is 0.0500. The third-order valence-electron chi connectivity index (χ3n) is 3.66. The quantitative estimate of drug-likeness (QED) is 0.584. The molecule has 0 aliphatic carbocycles. The predicted octanol–water partition coefficient (Wildman–Crippen LogP) is 3.67. The maximum Gasteiger partial charge on any atom is 0.337 e. The van der Waals surface area contributed by atoms with E-state index in [0.717, 1.165) is 16.5 Å². The molecule has 1 N–H and O–H groups in total. The van der Waals surface area contributed by atoms with Gasteiger partial charge in [-0.15, -0.1) is 0 Å². The van der Waals surface area contributed by atoms with Crippen molar-refractivity contribution in [2.75, 3.05) is 12.4 Å². The highest BCUT2D eigenvalue weighted by Gasteiger charge is 2.05. The maximum absolute atomic E-state index is 12.2. The minimum atomic E-state index is -0.391. The molecule has 3 aromatic rings. The molecule has 1 aromatic heterocycles. The van der Waals surface area contributed by atoms with Gasteiger partial charge in [-0.1, -0.05) is 18.2 Å². The van der Waals surface area contributed by atoms with Gasteiger partial charge in [0.15, 0.2) is 0 Å². The summed E-state index contributed by atoms with van der Waals surface area (Å²) in [7, 11) is 1.34. The summed E-state index contributed by atoms with van der Waals surface area (Å²) in [5.41, 5.74) is 2.80. The second-order valence-electron chi connectivity index (χ2n) is 5.31. The Morgan fingerprint density at radius 2 is 1.84 bits per heavy atom. The lowest BCUT2D eigenvalue weighted by atomic mass is 10.1. The number of benzene rings is 2. The van der Waals surface area contributed by atoms with Crippen molar-refractivity contribution in [3.05, 3.63) is 78.0 Å². The van der Waals surface area contributed by atoms with Crippen molar-refractivity contribution in [2.24, 2.45) is 0 Å². The summed E-state index contributed by atoms with van der Waals surface area (Å²) in [6.07, 6.45) is 4.84. The molecule has 1 amide bonds. The SMILES string of the molecule is COC(=O)c1ccc(/C=C/C(=O)Nc2cccc3ncccc23)cc1. The Labute approximate surface area is 145 Å². The highest BCUT2D eigenvalue weighted by atomic mass is 16.5. The van der Waals surface area contributed by atoms with Gasteiger partial charge < -0.3 is 10.1 Å². The van der Waals surface area contributed by atoms with Crippen LogP contribution in [0.1, 0.15) is 15.9 Å². The second-order valence-corrected chi connectivity index (χ2v) is 5.31. The first kappa shape index (κ1) is 16.4. The lowest BCUT2D eigenvalue weighted by molar-refractivity contribution is -0.111. The van der Waals surface area contributed by atoms with E-state index in [1.807, 2.05) is 30.3 Å². The monoisotopic (exact) mass is 332 g/mol. The number of methoxy groups -OCH3 is 1. The van der Waals surface area contributed by atoms with Crippen molar-refractivity contribution in [2.45, 2.75) is 0 Å². The van der Waals surface area contributed by atoms with Gasteiger partial charge in [0.25, 0.3) is 0 Å². The van der Waals surface area contributed by atoms with Gasteiger partial charge in [0.2, 0.25) is 5.91 Å². The number of carbonyl (C=O) groups is 2. The fourth-order valence-electron chi connectivity index (χ4n) is 2.41. The van der Waals surface area contributed by atoms with Gasteiger partial charge in [-0.3, -0.25) is 9.78 Å². The molecule has 124 valence electrons. The molecule has 0 saturated heterocycles. The second kappa shape index (κ2) is 7.40.